The van der Waals surface area contributed by atoms with Gasteiger partial charge in [0.15, 0.2) is 5.82 Å². The van der Waals surface area contributed by atoms with Crippen LogP contribution in [-0.2, 0) is 0 Å². The van der Waals surface area contributed by atoms with Crippen molar-refractivity contribution in [1.29, 1.82) is 5.26 Å². The average molecular weight is 250 g/mol. The van der Waals surface area contributed by atoms with Crippen LogP contribution in [0.15, 0.2) is 0 Å². The molecule has 1 aromatic heterocycles. The van der Waals surface area contributed by atoms with Crippen LogP contribution in [0, 0.1) is 23.2 Å². The molecule has 0 aliphatic heterocycles. The summed E-state index contributed by atoms with van der Waals surface area (Å²) in [6.07, 6.45) is 5.29. The molecule has 92 valence electrons. The summed E-state index contributed by atoms with van der Waals surface area (Å²) in [4.78, 5) is 0. The smallest absolute Gasteiger partial charge is 0.157 e. The Morgan fingerprint density at radius 1 is 1.53 bits per heavy atom. The van der Waals surface area contributed by atoms with Gasteiger partial charge in [0, 0.05) is 6.54 Å². The van der Waals surface area contributed by atoms with Crippen LogP contribution in [0.3, 0.4) is 0 Å². The summed E-state index contributed by atoms with van der Waals surface area (Å²) in [5, 5.41) is 13.1. The molecule has 5 heteroatoms. The first-order valence-corrected chi connectivity index (χ1v) is 6.88. The van der Waals surface area contributed by atoms with Gasteiger partial charge < -0.3 is 11.1 Å². The molecule has 17 heavy (non-hydrogen) atoms. The number of nitriles is 1. The van der Waals surface area contributed by atoms with Gasteiger partial charge in [-0.15, -0.1) is 0 Å². The lowest BCUT2D eigenvalue weighted by Gasteiger charge is -2.28. The highest BCUT2D eigenvalue weighted by Gasteiger charge is 2.21. The number of aromatic nitrogens is 1. The standard InChI is InChI=1S/C12H18N4S/c1-8-4-2-3-5-9(8)7-15-12-10(6-13)11(14)16-17-12/h8-9,15H,2-5,7H2,1H3,(H2,14,16). The van der Waals surface area contributed by atoms with E-state index < -0.39 is 0 Å². The van der Waals surface area contributed by atoms with E-state index in [1.807, 2.05) is 0 Å². The van der Waals surface area contributed by atoms with Gasteiger partial charge in [-0.2, -0.15) is 9.64 Å². The second-order valence-electron chi connectivity index (χ2n) is 4.79. The van der Waals surface area contributed by atoms with E-state index in [9.17, 15) is 0 Å². The van der Waals surface area contributed by atoms with Crippen LogP contribution in [0.4, 0.5) is 10.8 Å². The van der Waals surface area contributed by atoms with Gasteiger partial charge >= 0.3 is 0 Å². The Labute approximate surface area is 106 Å². The number of nitrogens with one attached hydrogen (secondary N) is 1. The van der Waals surface area contributed by atoms with Crippen molar-refractivity contribution in [1.82, 2.24) is 4.37 Å². The summed E-state index contributed by atoms with van der Waals surface area (Å²) >= 11 is 1.28. The lowest BCUT2D eigenvalue weighted by atomic mass is 9.80. The summed E-state index contributed by atoms with van der Waals surface area (Å²) in [5.74, 6) is 1.82. The maximum Gasteiger partial charge on any atom is 0.157 e. The van der Waals surface area contributed by atoms with Gasteiger partial charge in [-0.1, -0.05) is 26.2 Å². The van der Waals surface area contributed by atoms with E-state index in [-0.39, 0.29) is 0 Å². The lowest BCUT2D eigenvalue weighted by molar-refractivity contribution is 0.269. The first-order valence-electron chi connectivity index (χ1n) is 6.11. The summed E-state index contributed by atoms with van der Waals surface area (Å²) in [6.45, 7) is 3.25. The van der Waals surface area contributed by atoms with Crippen LogP contribution < -0.4 is 11.1 Å². The van der Waals surface area contributed by atoms with Crippen molar-refractivity contribution in [3.63, 3.8) is 0 Å². The number of nitrogen functional groups attached to an aromatic ring is 1. The van der Waals surface area contributed by atoms with Crippen molar-refractivity contribution >= 4 is 22.4 Å². The third kappa shape index (κ3) is 2.70. The number of hydrogen-bond donors (Lipinski definition) is 2. The minimum Gasteiger partial charge on any atom is -0.382 e. The SMILES string of the molecule is CC1CCCCC1CNc1snc(N)c1C#N. The second kappa shape index (κ2) is 5.37. The minimum atomic E-state index is 0.344. The summed E-state index contributed by atoms with van der Waals surface area (Å²) in [6, 6.07) is 2.10. The second-order valence-corrected chi connectivity index (χ2v) is 5.56. The van der Waals surface area contributed by atoms with Gasteiger partial charge in [0.05, 0.1) is 0 Å². The molecule has 0 bridgehead atoms. The Morgan fingerprint density at radius 3 is 3.00 bits per heavy atom. The third-order valence-electron chi connectivity index (χ3n) is 3.64. The van der Waals surface area contributed by atoms with Gasteiger partial charge in [-0.3, -0.25) is 0 Å². The number of anilines is 2. The van der Waals surface area contributed by atoms with E-state index in [1.165, 1.54) is 37.2 Å². The highest BCUT2D eigenvalue weighted by atomic mass is 32.1. The predicted octanol–water partition coefficient (Wildman–Crippen LogP) is 2.84. The Balaban J connectivity index is 1.95. The van der Waals surface area contributed by atoms with E-state index in [0.717, 1.165) is 17.5 Å². The average Bonchev–Trinajstić information content (AvgIpc) is 2.69. The third-order valence-corrected chi connectivity index (χ3v) is 4.46. The normalized spacial score (nSPS) is 24.2. The molecule has 0 aromatic carbocycles. The number of hydrogen-bond acceptors (Lipinski definition) is 5. The first kappa shape index (κ1) is 12.2. The molecule has 1 heterocycles. The largest absolute Gasteiger partial charge is 0.382 e. The molecule has 3 N–H and O–H groups in total. The molecule has 1 aliphatic rings. The molecule has 1 saturated carbocycles. The Morgan fingerprint density at radius 2 is 2.29 bits per heavy atom. The van der Waals surface area contributed by atoms with Gasteiger partial charge in [0.2, 0.25) is 0 Å². The van der Waals surface area contributed by atoms with Crippen LogP contribution in [0.1, 0.15) is 38.2 Å². The highest BCUT2D eigenvalue weighted by molar-refractivity contribution is 7.10. The van der Waals surface area contributed by atoms with E-state index >= 15 is 0 Å². The van der Waals surface area contributed by atoms with Crippen molar-refractivity contribution in [2.24, 2.45) is 11.8 Å². The molecule has 2 rings (SSSR count). The molecule has 0 spiro atoms. The summed E-state index contributed by atoms with van der Waals surface area (Å²) in [5.41, 5.74) is 6.12. The van der Waals surface area contributed by atoms with Crippen molar-refractivity contribution in [2.75, 3.05) is 17.6 Å². The zero-order valence-corrected chi connectivity index (χ0v) is 10.9. The fourth-order valence-corrected chi connectivity index (χ4v) is 3.12. The molecule has 1 fully saturated rings. The molecule has 0 radical (unpaired) electrons. The molecular formula is C12H18N4S. The summed E-state index contributed by atoms with van der Waals surface area (Å²) in [7, 11) is 0. The van der Waals surface area contributed by atoms with Crippen LogP contribution in [0.25, 0.3) is 0 Å². The zero-order chi connectivity index (χ0) is 12.3. The van der Waals surface area contributed by atoms with Gasteiger partial charge in [0.25, 0.3) is 0 Å². The van der Waals surface area contributed by atoms with E-state index in [2.05, 4.69) is 22.7 Å². The molecule has 4 nitrogen and oxygen atoms in total. The van der Waals surface area contributed by atoms with Crippen molar-refractivity contribution in [3.05, 3.63) is 5.56 Å². The van der Waals surface area contributed by atoms with E-state index in [1.54, 1.807) is 0 Å². The first-order chi connectivity index (χ1) is 8.22. The van der Waals surface area contributed by atoms with Crippen LogP contribution >= 0.6 is 11.5 Å². The topological polar surface area (TPSA) is 74.7 Å². The molecule has 0 amide bonds. The van der Waals surface area contributed by atoms with E-state index in [0.29, 0.717) is 17.3 Å². The van der Waals surface area contributed by atoms with Crippen LogP contribution in [0.2, 0.25) is 0 Å². The predicted molar refractivity (Wildman–Crippen MR) is 70.9 cm³/mol. The van der Waals surface area contributed by atoms with Crippen molar-refractivity contribution in [3.8, 4) is 6.07 Å². The molecule has 2 unspecified atom stereocenters. The number of nitrogens with zero attached hydrogens (tertiary/aromatic N) is 2. The van der Waals surface area contributed by atoms with E-state index in [4.69, 9.17) is 11.0 Å². The Kier molecular flexibility index (Phi) is 3.85. The van der Waals surface area contributed by atoms with Crippen LogP contribution in [-0.4, -0.2) is 10.9 Å². The van der Waals surface area contributed by atoms with Crippen molar-refractivity contribution in [2.45, 2.75) is 32.6 Å². The minimum absolute atomic E-state index is 0.344. The van der Waals surface area contributed by atoms with Gasteiger partial charge in [-0.05, 0) is 29.8 Å². The summed E-state index contributed by atoms with van der Waals surface area (Å²) < 4.78 is 4.00. The maximum absolute atomic E-state index is 8.97. The number of rotatable bonds is 3. The van der Waals surface area contributed by atoms with Gasteiger partial charge in [-0.25, -0.2) is 0 Å². The fourth-order valence-electron chi connectivity index (χ4n) is 2.45. The zero-order valence-electron chi connectivity index (χ0n) is 10.1. The van der Waals surface area contributed by atoms with Crippen molar-refractivity contribution < 1.29 is 0 Å². The quantitative estimate of drug-likeness (QED) is 0.865. The molecule has 2 atom stereocenters. The Bertz CT molecular complexity index is 421. The van der Waals surface area contributed by atoms with Crippen LogP contribution in [0.5, 0.6) is 0 Å². The number of nitrogens with two attached hydrogens (primary N) is 1. The Hall–Kier alpha value is -1.28. The highest BCUT2D eigenvalue weighted by Crippen LogP contribution is 2.31. The molecular weight excluding hydrogens is 232 g/mol. The molecule has 0 saturated heterocycles. The lowest BCUT2D eigenvalue weighted by Crippen LogP contribution is -2.24. The molecule has 1 aliphatic carbocycles. The van der Waals surface area contributed by atoms with Gasteiger partial charge in [0.1, 0.15) is 16.6 Å². The molecule has 1 aromatic rings. The fraction of sp³-hybridized carbons (Fsp3) is 0.667. The monoisotopic (exact) mass is 250 g/mol. The maximum atomic E-state index is 8.97.